The minimum Gasteiger partial charge on any atom is -0.340 e. The largest absolute Gasteiger partial charge is 0.340 e. The second-order valence-corrected chi connectivity index (χ2v) is 5.45. The Morgan fingerprint density at radius 2 is 2.00 bits per heavy atom. The first kappa shape index (κ1) is 15.8. The van der Waals surface area contributed by atoms with Gasteiger partial charge in [-0.3, -0.25) is 9.59 Å². The molecule has 0 saturated carbocycles. The van der Waals surface area contributed by atoms with Crippen LogP contribution in [0.2, 0.25) is 0 Å². The van der Waals surface area contributed by atoms with E-state index >= 15 is 0 Å². The zero-order valence-electron chi connectivity index (χ0n) is 13.0. The SMILES string of the molecule is CN(Cc1cccc(F)c1)C(=O)Cn1nnc2ccccc2c1=O. The molecule has 2 aromatic carbocycles. The molecule has 0 aliphatic carbocycles. The topological polar surface area (TPSA) is 68.1 Å². The van der Waals surface area contributed by atoms with Gasteiger partial charge in [-0.1, -0.05) is 29.5 Å². The molecule has 0 bridgehead atoms. The number of carbonyl (C=O) groups is 1. The van der Waals surface area contributed by atoms with Crippen LogP contribution in [0, 0.1) is 5.82 Å². The highest BCUT2D eigenvalue weighted by Gasteiger charge is 2.13. The minimum absolute atomic E-state index is 0.220. The van der Waals surface area contributed by atoms with E-state index in [1.807, 2.05) is 0 Å². The van der Waals surface area contributed by atoms with Gasteiger partial charge < -0.3 is 4.90 Å². The molecule has 0 aliphatic rings. The summed E-state index contributed by atoms with van der Waals surface area (Å²) in [5, 5.41) is 8.15. The number of rotatable bonds is 4. The highest BCUT2D eigenvalue weighted by molar-refractivity contribution is 5.78. The first-order valence-corrected chi connectivity index (χ1v) is 7.35. The van der Waals surface area contributed by atoms with Crippen molar-refractivity contribution in [3.8, 4) is 0 Å². The molecule has 0 saturated heterocycles. The van der Waals surface area contributed by atoms with E-state index in [2.05, 4.69) is 10.3 Å². The summed E-state index contributed by atoms with van der Waals surface area (Å²) < 4.78 is 14.2. The Hall–Kier alpha value is -3.09. The van der Waals surface area contributed by atoms with Crippen LogP contribution in [-0.4, -0.2) is 32.8 Å². The van der Waals surface area contributed by atoms with Gasteiger partial charge in [-0.15, -0.1) is 5.10 Å². The lowest BCUT2D eigenvalue weighted by Gasteiger charge is -2.17. The van der Waals surface area contributed by atoms with E-state index < -0.39 is 0 Å². The number of hydrogen-bond acceptors (Lipinski definition) is 4. The smallest absolute Gasteiger partial charge is 0.278 e. The summed E-state index contributed by atoms with van der Waals surface area (Å²) in [6.45, 7) is 0.0227. The van der Waals surface area contributed by atoms with Crippen molar-refractivity contribution in [1.29, 1.82) is 0 Å². The minimum atomic E-state index is -0.367. The molecule has 0 spiro atoms. The Morgan fingerprint density at radius 3 is 2.79 bits per heavy atom. The van der Waals surface area contributed by atoms with E-state index in [9.17, 15) is 14.0 Å². The fraction of sp³-hybridized carbons (Fsp3) is 0.176. The molecule has 1 aromatic heterocycles. The van der Waals surface area contributed by atoms with Gasteiger partial charge in [-0.05, 0) is 29.8 Å². The van der Waals surface area contributed by atoms with Crippen LogP contribution in [0.4, 0.5) is 4.39 Å². The highest BCUT2D eigenvalue weighted by atomic mass is 19.1. The standard InChI is InChI=1S/C17H15FN4O2/c1-21(10-12-5-4-6-13(18)9-12)16(23)11-22-17(24)14-7-2-3-8-15(14)19-20-22/h2-9H,10-11H2,1H3. The average molecular weight is 326 g/mol. The van der Waals surface area contributed by atoms with Crippen LogP contribution < -0.4 is 5.56 Å². The second-order valence-electron chi connectivity index (χ2n) is 5.45. The van der Waals surface area contributed by atoms with E-state index in [4.69, 9.17) is 0 Å². The summed E-state index contributed by atoms with van der Waals surface area (Å²) in [6.07, 6.45) is 0. The van der Waals surface area contributed by atoms with E-state index in [1.54, 1.807) is 43.4 Å². The number of likely N-dealkylation sites (N-methyl/N-ethyl adjacent to an activating group) is 1. The van der Waals surface area contributed by atoms with Gasteiger partial charge in [0.15, 0.2) is 0 Å². The van der Waals surface area contributed by atoms with Crippen molar-refractivity contribution in [3.63, 3.8) is 0 Å². The number of benzene rings is 2. The monoisotopic (exact) mass is 326 g/mol. The molecule has 0 N–H and O–H groups in total. The Bertz CT molecular complexity index is 954. The summed E-state index contributed by atoms with van der Waals surface area (Å²) in [5.74, 6) is -0.670. The predicted octanol–water partition coefficient (Wildman–Crippen LogP) is 1.59. The Labute approximate surface area is 137 Å². The fourth-order valence-corrected chi connectivity index (χ4v) is 2.37. The third kappa shape index (κ3) is 3.29. The molecule has 0 fully saturated rings. The van der Waals surface area contributed by atoms with Gasteiger partial charge in [0.05, 0.1) is 5.39 Å². The average Bonchev–Trinajstić information content (AvgIpc) is 2.57. The molecule has 24 heavy (non-hydrogen) atoms. The molecule has 7 heteroatoms. The van der Waals surface area contributed by atoms with Crippen molar-refractivity contribution in [1.82, 2.24) is 19.9 Å². The molecular formula is C17H15FN4O2. The summed E-state index contributed by atoms with van der Waals surface area (Å²) in [5.41, 5.74) is 0.787. The van der Waals surface area contributed by atoms with Gasteiger partial charge in [0.2, 0.25) is 5.91 Å². The Morgan fingerprint density at radius 1 is 1.21 bits per heavy atom. The molecule has 0 radical (unpaired) electrons. The van der Waals surface area contributed by atoms with Crippen LogP contribution in [0.1, 0.15) is 5.56 Å². The van der Waals surface area contributed by atoms with Gasteiger partial charge in [0.1, 0.15) is 17.9 Å². The van der Waals surface area contributed by atoms with Crippen LogP contribution in [0.3, 0.4) is 0 Å². The normalized spacial score (nSPS) is 10.8. The van der Waals surface area contributed by atoms with Crippen LogP contribution in [0.5, 0.6) is 0 Å². The van der Waals surface area contributed by atoms with Crippen molar-refractivity contribution in [2.24, 2.45) is 0 Å². The van der Waals surface area contributed by atoms with E-state index in [0.717, 1.165) is 4.68 Å². The molecule has 1 amide bonds. The fourth-order valence-electron chi connectivity index (χ4n) is 2.37. The Kier molecular flexibility index (Phi) is 4.33. The van der Waals surface area contributed by atoms with Crippen molar-refractivity contribution < 1.29 is 9.18 Å². The molecule has 6 nitrogen and oxygen atoms in total. The maximum Gasteiger partial charge on any atom is 0.278 e. The zero-order chi connectivity index (χ0) is 17.1. The number of halogens is 1. The second kappa shape index (κ2) is 6.57. The molecule has 1 heterocycles. The number of fused-ring (bicyclic) bond motifs is 1. The first-order chi connectivity index (χ1) is 11.5. The summed E-state index contributed by atoms with van der Waals surface area (Å²) in [7, 11) is 1.59. The van der Waals surface area contributed by atoms with E-state index in [0.29, 0.717) is 16.5 Å². The van der Waals surface area contributed by atoms with Crippen molar-refractivity contribution in [2.75, 3.05) is 7.05 Å². The zero-order valence-corrected chi connectivity index (χ0v) is 13.0. The maximum atomic E-state index is 13.2. The number of amides is 1. The number of aromatic nitrogens is 3. The lowest BCUT2D eigenvalue weighted by atomic mass is 10.2. The lowest BCUT2D eigenvalue weighted by Crippen LogP contribution is -2.35. The predicted molar refractivity (Wildman–Crippen MR) is 86.7 cm³/mol. The van der Waals surface area contributed by atoms with Crippen LogP contribution in [0.25, 0.3) is 10.9 Å². The van der Waals surface area contributed by atoms with Crippen LogP contribution in [-0.2, 0) is 17.9 Å². The number of carbonyl (C=O) groups excluding carboxylic acids is 1. The number of nitrogens with zero attached hydrogens (tertiary/aromatic N) is 4. The molecule has 3 aromatic rings. The summed E-state index contributed by atoms with van der Waals surface area (Å²) >= 11 is 0. The van der Waals surface area contributed by atoms with Gasteiger partial charge in [-0.2, -0.15) is 0 Å². The summed E-state index contributed by atoms with van der Waals surface area (Å²) in [6, 6.07) is 12.8. The van der Waals surface area contributed by atoms with Gasteiger partial charge in [0.25, 0.3) is 5.56 Å². The molecule has 122 valence electrons. The highest BCUT2D eigenvalue weighted by Crippen LogP contribution is 2.07. The molecule has 0 aliphatic heterocycles. The third-order valence-corrected chi connectivity index (χ3v) is 3.65. The van der Waals surface area contributed by atoms with Crippen molar-refractivity contribution >= 4 is 16.8 Å². The Balaban J connectivity index is 1.77. The summed E-state index contributed by atoms with van der Waals surface area (Å²) in [4.78, 5) is 26.0. The quantitative estimate of drug-likeness (QED) is 0.730. The molecular weight excluding hydrogens is 311 g/mol. The third-order valence-electron chi connectivity index (χ3n) is 3.65. The van der Waals surface area contributed by atoms with Gasteiger partial charge >= 0.3 is 0 Å². The van der Waals surface area contributed by atoms with Gasteiger partial charge in [-0.25, -0.2) is 9.07 Å². The molecule has 3 rings (SSSR count). The van der Waals surface area contributed by atoms with E-state index in [-0.39, 0.29) is 30.4 Å². The van der Waals surface area contributed by atoms with E-state index in [1.165, 1.54) is 17.0 Å². The number of hydrogen-bond donors (Lipinski definition) is 0. The first-order valence-electron chi connectivity index (χ1n) is 7.35. The molecule has 0 atom stereocenters. The van der Waals surface area contributed by atoms with Crippen LogP contribution >= 0.6 is 0 Å². The lowest BCUT2D eigenvalue weighted by molar-refractivity contribution is -0.131. The van der Waals surface area contributed by atoms with Gasteiger partial charge in [0, 0.05) is 13.6 Å². The molecule has 0 unspecified atom stereocenters. The maximum absolute atomic E-state index is 13.2. The van der Waals surface area contributed by atoms with Crippen LogP contribution in [0.15, 0.2) is 53.3 Å². The van der Waals surface area contributed by atoms with Crippen molar-refractivity contribution in [3.05, 3.63) is 70.3 Å². The van der Waals surface area contributed by atoms with Crippen molar-refractivity contribution in [2.45, 2.75) is 13.1 Å².